The first-order valence-corrected chi connectivity index (χ1v) is 4.89. The Bertz CT molecular complexity index is 478. The van der Waals surface area contributed by atoms with E-state index in [0.29, 0.717) is 10.7 Å². The number of aryl methyl sites for hydroxylation is 1. The molecule has 0 unspecified atom stereocenters. The fourth-order valence-electron chi connectivity index (χ4n) is 1.02. The van der Waals surface area contributed by atoms with Crippen molar-refractivity contribution in [2.75, 3.05) is 0 Å². The summed E-state index contributed by atoms with van der Waals surface area (Å²) in [6.07, 6.45) is 1.72. The molecule has 0 aliphatic carbocycles. The van der Waals surface area contributed by atoms with E-state index in [9.17, 15) is 4.79 Å². The Morgan fingerprint density at radius 2 is 2.38 bits per heavy atom. The van der Waals surface area contributed by atoms with Crippen molar-refractivity contribution in [3.05, 3.63) is 23.0 Å². The monoisotopic (exact) mass is 210 g/mol. The van der Waals surface area contributed by atoms with Crippen LogP contribution in [0, 0.1) is 6.92 Å². The first-order valence-electron chi connectivity index (χ1n) is 3.63. The number of hydrogen-bond acceptors (Lipinski definition) is 4. The van der Waals surface area contributed by atoms with E-state index in [2.05, 4.69) is 22.6 Å². The summed E-state index contributed by atoms with van der Waals surface area (Å²) in [5, 5.41) is 0.675. The summed E-state index contributed by atoms with van der Waals surface area (Å²) in [4.78, 5) is 20.6. The van der Waals surface area contributed by atoms with Gasteiger partial charge in [-0.15, -0.1) is 11.3 Å². The molecular formula is C8H6N2OS2. The molecule has 0 aliphatic rings. The fraction of sp³-hybridized carbons (Fsp3) is 0.125. The summed E-state index contributed by atoms with van der Waals surface area (Å²) >= 11 is 5.09. The molecular weight excluding hydrogens is 204 g/mol. The third-order valence-corrected chi connectivity index (χ3v) is 3.04. The number of carbonyl (C=O) groups is 1. The van der Waals surface area contributed by atoms with Crippen molar-refractivity contribution in [1.82, 2.24) is 9.97 Å². The molecule has 2 aromatic heterocycles. The molecule has 0 amide bonds. The molecule has 0 aromatic carbocycles. The van der Waals surface area contributed by atoms with E-state index in [0.717, 1.165) is 10.2 Å². The van der Waals surface area contributed by atoms with Crippen LogP contribution in [0.1, 0.15) is 15.5 Å². The summed E-state index contributed by atoms with van der Waals surface area (Å²) < 4.78 is 0. The number of aromatic nitrogens is 2. The highest BCUT2D eigenvalue weighted by Crippen LogP contribution is 2.24. The lowest BCUT2D eigenvalue weighted by Crippen LogP contribution is -1.82. The molecule has 0 aliphatic heterocycles. The highest BCUT2D eigenvalue weighted by Gasteiger charge is 2.07. The molecule has 13 heavy (non-hydrogen) atoms. The Morgan fingerprint density at radius 1 is 1.62 bits per heavy atom. The van der Waals surface area contributed by atoms with Crippen molar-refractivity contribution in [2.24, 2.45) is 0 Å². The summed E-state index contributed by atoms with van der Waals surface area (Å²) in [7, 11) is 0. The zero-order valence-electron chi connectivity index (χ0n) is 6.81. The number of rotatable bonds is 1. The van der Waals surface area contributed by atoms with Crippen molar-refractivity contribution in [2.45, 2.75) is 6.92 Å². The molecule has 3 nitrogen and oxygen atoms in total. The number of fused-ring (bicyclic) bond motifs is 1. The number of thiophene rings is 1. The van der Waals surface area contributed by atoms with Crippen molar-refractivity contribution in [3.63, 3.8) is 0 Å². The first kappa shape index (κ1) is 8.65. The molecule has 0 radical (unpaired) electrons. The molecule has 66 valence electrons. The number of thiol groups is 1. The van der Waals surface area contributed by atoms with Crippen LogP contribution in [0.15, 0.2) is 12.3 Å². The predicted octanol–water partition coefficient (Wildman–Crippen LogP) is 2.07. The van der Waals surface area contributed by atoms with Crippen molar-refractivity contribution < 1.29 is 4.79 Å². The smallest absolute Gasteiger partial charge is 0.226 e. The van der Waals surface area contributed by atoms with Gasteiger partial charge in [0.2, 0.25) is 5.12 Å². The average molecular weight is 210 g/mol. The normalized spacial score (nSPS) is 10.6. The second-order valence-corrected chi connectivity index (χ2v) is 4.03. The molecule has 0 fully saturated rings. The Kier molecular flexibility index (Phi) is 2.05. The minimum Gasteiger partial charge on any atom is -0.281 e. The van der Waals surface area contributed by atoms with Gasteiger partial charge in [-0.2, -0.15) is 0 Å². The van der Waals surface area contributed by atoms with Gasteiger partial charge in [0, 0.05) is 11.6 Å². The number of carbonyl (C=O) groups excluding carboxylic acids is 1. The Hall–Kier alpha value is -0.940. The van der Waals surface area contributed by atoms with Gasteiger partial charge >= 0.3 is 0 Å². The number of nitrogens with zero attached hydrogens (tertiary/aromatic N) is 2. The summed E-state index contributed by atoms with van der Waals surface area (Å²) in [5.74, 6) is 0.715. The highest BCUT2D eigenvalue weighted by atomic mass is 32.1. The Morgan fingerprint density at radius 3 is 3.08 bits per heavy atom. The van der Waals surface area contributed by atoms with Crippen molar-refractivity contribution in [3.8, 4) is 0 Å². The summed E-state index contributed by atoms with van der Waals surface area (Å²) in [6.45, 7) is 1.82. The predicted molar refractivity (Wildman–Crippen MR) is 55.5 cm³/mol. The van der Waals surface area contributed by atoms with E-state index in [1.165, 1.54) is 11.3 Å². The Balaban J connectivity index is 2.68. The number of hydrogen-bond donors (Lipinski definition) is 1. The van der Waals surface area contributed by atoms with Crippen LogP contribution in [0.5, 0.6) is 0 Å². The second-order valence-electron chi connectivity index (χ2n) is 2.59. The molecule has 0 bridgehead atoms. The minimum absolute atomic E-state index is 0.222. The van der Waals surface area contributed by atoms with E-state index < -0.39 is 0 Å². The standard InChI is InChI=1S/C8H6N2OS2/c1-4-9-3-5-2-6(8(11)12)13-7(5)10-4/h2-3H,1H3,(H,11,12). The van der Waals surface area contributed by atoms with Crippen LogP contribution < -0.4 is 0 Å². The van der Waals surface area contributed by atoms with Gasteiger partial charge < -0.3 is 0 Å². The second kappa shape index (κ2) is 3.08. The van der Waals surface area contributed by atoms with Gasteiger partial charge in [0.15, 0.2) is 0 Å². The molecule has 2 aromatic rings. The van der Waals surface area contributed by atoms with E-state index in [1.54, 1.807) is 12.3 Å². The zero-order valence-corrected chi connectivity index (χ0v) is 8.52. The van der Waals surface area contributed by atoms with Crippen LogP contribution in [-0.2, 0) is 0 Å². The van der Waals surface area contributed by atoms with Gasteiger partial charge in [0.25, 0.3) is 0 Å². The molecule has 5 heteroatoms. The SMILES string of the molecule is Cc1ncc2cc(C(=O)S)sc2n1. The van der Waals surface area contributed by atoms with Crippen LogP contribution in [-0.4, -0.2) is 15.1 Å². The maximum atomic E-state index is 10.9. The van der Waals surface area contributed by atoms with Crippen LogP contribution in [0.25, 0.3) is 10.2 Å². The molecule has 2 heterocycles. The molecule has 2 rings (SSSR count). The molecule has 0 saturated carbocycles. The van der Waals surface area contributed by atoms with Gasteiger partial charge in [0.05, 0.1) is 4.88 Å². The topological polar surface area (TPSA) is 42.9 Å². The maximum Gasteiger partial charge on any atom is 0.226 e. The lowest BCUT2D eigenvalue weighted by Gasteiger charge is -1.88. The Labute approximate surface area is 84.2 Å². The first-order chi connectivity index (χ1) is 6.16. The maximum absolute atomic E-state index is 10.9. The largest absolute Gasteiger partial charge is 0.281 e. The average Bonchev–Trinajstić information content (AvgIpc) is 2.46. The van der Waals surface area contributed by atoms with Crippen LogP contribution in [0.2, 0.25) is 0 Å². The van der Waals surface area contributed by atoms with Crippen LogP contribution in [0.4, 0.5) is 0 Å². The van der Waals surface area contributed by atoms with Crippen LogP contribution >= 0.6 is 24.0 Å². The molecule has 0 atom stereocenters. The van der Waals surface area contributed by atoms with Crippen molar-refractivity contribution in [1.29, 1.82) is 0 Å². The molecule has 0 saturated heterocycles. The summed E-state index contributed by atoms with van der Waals surface area (Å²) in [5.41, 5.74) is 0. The zero-order chi connectivity index (χ0) is 9.42. The van der Waals surface area contributed by atoms with Gasteiger partial charge in [-0.3, -0.25) is 4.79 Å². The molecule has 0 N–H and O–H groups in total. The lowest BCUT2D eigenvalue weighted by atomic mass is 10.4. The third-order valence-electron chi connectivity index (χ3n) is 1.60. The van der Waals surface area contributed by atoms with E-state index >= 15 is 0 Å². The van der Waals surface area contributed by atoms with Crippen LogP contribution in [0.3, 0.4) is 0 Å². The highest BCUT2D eigenvalue weighted by molar-refractivity contribution is 7.97. The lowest BCUT2D eigenvalue weighted by molar-refractivity contribution is 0.109. The van der Waals surface area contributed by atoms with E-state index in [4.69, 9.17) is 0 Å². The van der Waals surface area contributed by atoms with Crippen molar-refractivity contribution >= 4 is 39.3 Å². The van der Waals surface area contributed by atoms with Gasteiger partial charge in [0.1, 0.15) is 10.7 Å². The van der Waals surface area contributed by atoms with E-state index in [-0.39, 0.29) is 5.12 Å². The quantitative estimate of drug-likeness (QED) is 0.733. The van der Waals surface area contributed by atoms with Gasteiger partial charge in [-0.1, -0.05) is 12.6 Å². The summed E-state index contributed by atoms with van der Waals surface area (Å²) in [6, 6.07) is 1.76. The fourth-order valence-corrected chi connectivity index (χ4v) is 2.11. The minimum atomic E-state index is -0.222. The van der Waals surface area contributed by atoms with Gasteiger partial charge in [-0.05, 0) is 13.0 Å². The third kappa shape index (κ3) is 1.57. The van der Waals surface area contributed by atoms with E-state index in [1.807, 2.05) is 6.92 Å². The van der Waals surface area contributed by atoms with Gasteiger partial charge in [-0.25, -0.2) is 9.97 Å². The molecule has 0 spiro atoms.